The number of aliphatic carboxylic acids is 1. The van der Waals surface area contributed by atoms with E-state index < -0.39 is 16.9 Å². The molecule has 0 unspecified atom stereocenters. The Balaban J connectivity index is 2.62. The van der Waals surface area contributed by atoms with E-state index >= 15 is 0 Å². The molecule has 0 aromatic heterocycles. The number of benzene rings is 1. The highest BCUT2D eigenvalue weighted by molar-refractivity contribution is 6.32. The average molecular weight is 288 g/mol. The molecule has 9 heteroatoms. The molecule has 0 saturated heterocycles. The molecule has 0 fully saturated rings. The molecule has 0 bridgehead atoms. The second-order valence-corrected chi connectivity index (χ2v) is 3.86. The standard InChI is InChI=1S/C10H10ClN3O5/c11-7-2-1-6(5-8(7)14(18)19)13-10(17)12-4-3-9(15)16/h1-2,5H,3-4H2,(H,15,16)(H2,12,13,17). The van der Waals surface area contributed by atoms with Crippen LogP contribution in [0.5, 0.6) is 0 Å². The number of nitrogens with zero attached hydrogens (tertiary/aromatic N) is 1. The SMILES string of the molecule is O=C(O)CCNC(=O)Nc1ccc(Cl)c([N+](=O)[O-])c1. The van der Waals surface area contributed by atoms with Crippen LogP contribution in [0, 0.1) is 10.1 Å². The number of nitro benzene ring substituents is 1. The third-order valence-electron chi connectivity index (χ3n) is 2.03. The Kier molecular flexibility index (Phi) is 5.07. The number of carboxylic acids is 1. The van der Waals surface area contributed by atoms with Gasteiger partial charge in [0.25, 0.3) is 5.69 Å². The van der Waals surface area contributed by atoms with Crippen molar-refractivity contribution in [2.24, 2.45) is 0 Å². The number of anilines is 1. The molecular formula is C10H10ClN3O5. The first-order chi connectivity index (χ1) is 8.90. The lowest BCUT2D eigenvalue weighted by molar-refractivity contribution is -0.384. The summed E-state index contributed by atoms with van der Waals surface area (Å²) in [5.41, 5.74) is -0.145. The molecule has 0 spiro atoms. The number of rotatable bonds is 5. The molecule has 1 aromatic carbocycles. The molecule has 1 aromatic rings. The van der Waals surface area contributed by atoms with Crippen molar-refractivity contribution in [3.63, 3.8) is 0 Å². The summed E-state index contributed by atoms with van der Waals surface area (Å²) in [6, 6.07) is 3.13. The van der Waals surface area contributed by atoms with Gasteiger partial charge in [0.15, 0.2) is 0 Å². The quantitative estimate of drug-likeness (QED) is 0.563. The number of urea groups is 1. The molecule has 0 saturated carbocycles. The summed E-state index contributed by atoms with van der Waals surface area (Å²) < 4.78 is 0. The fourth-order valence-corrected chi connectivity index (χ4v) is 1.38. The Labute approximate surface area is 112 Å². The average Bonchev–Trinajstić information content (AvgIpc) is 2.30. The molecule has 0 aliphatic rings. The van der Waals surface area contributed by atoms with Crippen LogP contribution in [0.1, 0.15) is 6.42 Å². The highest BCUT2D eigenvalue weighted by Crippen LogP contribution is 2.27. The molecule has 102 valence electrons. The predicted octanol–water partition coefficient (Wildman–Crippen LogP) is 1.84. The van der Waals surface area contributed by atoms with Crippen LogP contribution in [-0.2, 0) is 4.79 Å². The number of hydrogen-bond acceptors (Lipinski definition) is 4. The molecule has 2 amide bonds. The summed E-state index contributed by atoms with van der Waals surface area (Å²) >= 11 is 5.61. The van der Waals surface area contributed by atoms with E-state index in [4.69, 9.17) is 16.7 Å². The van der Waals surface area contributed by atoms with Gasteiger partial charge in [0.05, 0.1) is 11.3 Å². The maximum Gasteiger partial charge on any atom is 0.319 e. The molecule has 0 radical (unpaired) electrons. The van der Waals surface area contributed by atoms with Crippen molar-refractivity contribution >= 4 is 35.0 Å². The van der Waals surface area contributed by atoms with Gasteiger partial charge in [-0.1, -0.05) is 11.6 Å². The third kappa shape index (κ3) is 4.80. The van der Waals surface area contributed by atoms with Crippen molar-refractivity contribution in [3.05, 3.63) is 33.3 Å². The highest BCUT2D eigenvalue weighted by Gasteiger charge is 2.13. The maximum atomic E-state index is 11.3. The lowest BCUT2D eigenvalue weighted by atomic mass is 10.3. The van der Waals surface area contributed by atoms with E-state index in [1.54, 1.807) is 0 Å². The molecule has 0 atom stereocenters. The van der Waals surface area contributed by atoms with E-state index in [0.29, 0.717) is 0 Å². The fraction of sp³-hybridized carbons (Fsp3) is 0.200. The third-order valence-corrected chi connectivity index (χ3v) is 2.34. The molecule has 8 nitrogen and oxygen atoms in total. The summed E-state index contributed by atoms with van der Waals surface area (Å²) in [4.78, 5) is 31.5. The van der Waals surface area contributed by atoms with Gasteiger partial charge in [-0.25, -0.2) is 4.79 Å². The number of hydrogen-bond donors (Lipinski definition) is 3. The van der Waals surface area contributed by atoms with Gasteiger partial charge in [-0.3, -0.25) is 14.9 Å². The topological polar surface area (TPSA) is 122 Å². The smallest absolute Gasteiger partial charge is 0.319 e. The molecule has 0 heterocycles. The van der Waals surface area contributed by atoms with Gasteiger partial charge in [-0.15, -0.1) is 0 Å². The Morgan fingerprint density at radius 3 is 2.68 bits per heavy atom. The van der Waals surface area contributed by atoms with Gasteiger partial charge in [-0.05, 0) is 12.1 Å². The van der Waals surface area contributed by atoms with Crippen molar-refractivity contribution in [1.29, 1.82) is 0 Å². The first kappa shape index (κ1) is 14.7. The van der Waals surface area contributed by atoms with E-state index in [2.05, 4.69) is 10.6 Å². The summed E-state index contributed by atoms with van der Waals surface area (Å²) in [7, 11) is 0. The van der Waals surface area contributed by atoms with E-state index in [-0.39, 0.29) is 29.4 Å². The van der Waals surface area contributed by atoms with Crippen molar-refractivity contribution in [1.82, 2.24) is 5.32 Å². The zero-order chi connectivity index (χ0) is 14.4. The Hall–Kier alpha value is -2.35. The molecule has 0 aliphatic carbocycles. The van der Waals surface area contributed by atoms with Crippen molar-refractivity contribution in [3.8, 4) is 0 Å². The van der Waals surface area contributed by atoms with Crippen LogP contribution in [0.25, 0.3) is 0 Å². The van der Waals surface area contributed by atoms with Crippen molar-refractivity contribution < 1.29 is 19.6 Å². The van der Waals surface area contributed by atoms with E-state index in [1.165, 1.54) is 12.1 Å². The van der Waals surface area contributed by atoms with Gasteiger partial charge in [0, 0.05) is 18.3 Å². The minimum absolute atomic E-state index is 0.0400. The summed E-state index contributed by atoms with van der Waals surface area (Å²) in [5.74, 6) is -1.04. The van der Waals surface area contributed by atoms with Crippen LogP contribution in [0.15, 0.2) is 18.2 Å². The number of nitrogens with one attached hydrogen (secondary N) is 2. The summed E-state index contributed by atoms with van der Waals surface area (Å²) in [5, 5.41) is 23.6. The first-order valence-corrected chi connectivity index (χ1v) is 5.48. The second-order valence-electron chi connectivity index (χ2n) is 3.45. The molecular weight excluding hydrogens is 278 g/mol. The predicted molar refractivity (Wildman–Crippen MR) is 67.4 cm³/mol. The zero-order valence-corrected chi connectivity index (χ0v) is 10.3. The first-order valence-electron chi connectivity index (χ1n) is 5.10. The number of carbonyl (C=O) groups excluding carboxylic acids is 1. The van der Waals surface area contributed by atoms with E-state index in [9.17, 15) is 19.7 Å². The molecule has 19 heavy (non-hydrogen) atoms. The molecule has 0 aliphatic heterocycles. The van der Waals surface area contributed by atoms with Crippen LogP contribution in [0.4, 0.5) is 16.2 Å². The van der Waals surface area contributed by atoms with Crippen LogP contribution >= 0.6 is 11.6 Å². The fourth-order valence-electron chi connectivity index (χ4n) is 1.19. The van der Waals surface area contributed by atoms with E-state index in [1.807, 2.05) is 0 Å². The van der Waals surface area contributed by atoms with Crippen LogP contribution in [0.2, 0.25) is 5.02 Å². The Morgan fingerprint density at radius 2 is 2.11 bits per heavy atom. The van der Waals surface area contributed by atoms with Gasteiger partial charge < -0.3 is 15.7 Å². The monoisotopic (exact) mass is 287 g/mol. The minimum atomic E-state index is -1.04. The zero-order valence-electron chi connectivity index (χ0n) is 9.55. The maximum absolute atomic E-state index is 11.3. The number of carboxylic acid groups (broad SMARTS) is 1. The van der Waals surface area contributed by atoms with Gasteiger partial charge in [0.2, 0.25) is 0 Å². The van der Waals surface area contributed by atoms with Crippen LogP contribution < -0.4 is 10.6 Å². The number of halogens is 1. The van der Waals surface area contributed by atoms with Crippen molar-refractivity contribution in [2.75, 3.05) is 11.9 Å². The van der Waals surface area contributed by atoms with Gasteiger partial charge in [-0.2, -0.15) is 0 Å². The van der Waals surface area contributed by atoms with Gasteiger partial charge in [0.1, 0.15) is 5.02 Å². The van der Waals surface area contributed by atoms with E-state index in [0.717, 1.165) is 6.07 Å². The lowest BCUT2D eigenvalue weighted by Crippen LogP contribution is -2.30. The largest absolute Gasteiger partial charge is 0.481 e. The number of amides is 2. The normalized spacial score (nSPS) is 9.74. The molecule has 3 N–H and O–H groups in total. The second kappa shape index (κ2) is 6.55. The number of nitro groups is 1. The lowest BCUT2D eigenvalue weighted by Gasteiger charge is -2.06. The summed E-state index contributed by atoms with van der Waals surface area (Å²) in [6.45, 7) is -0.0448. The van der Waals surface area contributed by atoms with Gasteiger partial charge >= 0.3 is 12.0 Å². The Bertz CT molecular complexity index is 520. The summed E-state index contributed by atoms with van der Waals surface area (Å²) in [6.07, 6.45) is -0.214. The highest BCUT2D eigenvalue weighted by atomic mass is 35.5. The van der Waals surface area contributed by atoms with Crippen molar-refractivity contribution in [2.45, 2.75) is 6.42 Å². The Morgan fingerprint density at radius 1 is 1.42 bits per heavy atom. The minimum Gasteiger partial charge on any atom is -0.481 e. The van der Waals surface area contributed by atoms with Crippen LogP contribution in [0.3, 0.4) is 0 Å². The van der Waals surface area contributed by atoms with Crippen LogP contribution in [-0.4, -0.2) is 28.6 Å². The molecule has 1 rings (SSSR count). The number of carbonyl (C=O) groups is 2.